The van der Waals surface area contributed by atoms with Gasteiger partial charge in [0.1, 0.15) is 0 Å². The topological polar surface area (TPSA) is 66.1 Å². The third-order valence-corrected chi connectivity index (χ3v) is 7.48. The van der Waals surface area contributed by atoms with Gasteiger partial charge in [-0.1, -0.05) is 30.3 Å². The summed E-state index contributed by atoms with van der Waals surface area (Å²) in [6.45, 7) is 1.19. The summed E-state index contributed by atoms with van der Waals surface area (Å²) in [6, 6.07) is 10.5. The van der Waals surface area contributed by atoms with Gasteiger partial charge in [-0.25, -0.2) is 0 Å². The van der Waals surface area contributed by atoms with Crippen LogP contribution < -0.4 is 0 Å². The number of aromatic amines is 1. The Labute approximate surface area is 181 Å². The van der Waals surface area contributed by atoms with Gasteiger partial charge in [-0.3, -0.25) is 14.7 Å². The van der Waals surface area contributed by atoms with E-state index in [0.29, 0.717) is 18.8 Å². The fourth-order valence-electron chi connectivity index (χ4n) is 5.86. The van der Waals surface area contributed by atoms with Crippen molar-refractivity contribution in [2.24, 2.45) is 5.92 Å². The number of carbonyl (C=O) groups excluding carboxylic acids is 2. The third-order valence-electron chi connectivity index (χ3n) is 7.48. The van der Waals surface area contributed by atoms with E-state index in [2.05, 4.69) is 34.5 Å². The van der Waals surface area contributed by atoms with Crippen LogP contribution in [-0.4, -0.2) is 39.9 Å². The standard InChI is InChI=1S/C26H27N3O2/c30-25(20-13-12-17-11-10-16-5-3-8-19(20)23(16)17)18-6-4-14-29(15-18)26(31)24-21-7-1-2-9-22(21)27-28-24/h3,5,8,12-13,18H,1-2,4,6-7,9-11,14-15H2,(H,27,28). The maximum Gasteiger partial charge on any atom is 0.274 e. The van der Waals surface area contributed by atoms with Gasteiger partial charge >= 0.3 is 0 Å². The van der Waals surface area contributed by atoms with Crippen LogP contribution in [0.3, 0.4) is 0 Å². The Morgan fingerprint density at radius 2 is 1.81 bits per heavy atom. The van der Waals surface area contributed by atoms with Gasteiger partial charge in [0.2, 0.25) is 0 Å². The first kappa shape index (κ1) is 18.8. The van der Waals surface area contributed by atoms with Gasteiger partial charge in [0.25, 0.3) is 5.91 Å². The first-order valence-corrected chi connectivity index (χ1v) is 11.6. The van der Waals surface area contributed by atoms with E-state index in [1.165, 1.54) is 16.5 Å². The van der Waals surface area contributed by atoms with Gasteiger partial charge < -0.3 is 4.90 Å². The molecule has 31 heavy (non-hydrogen) atoms. The van der Waals surface area contributed by atoms with Crippen LogP contribution >= 0.6 is 0 Å². The Morgan fingerprint density at radius 3 is 2.71 bits per heavy atom. The maximum atomic E-state index is 13.6. The van der Waals surface area contributed by atoms with E-state index in [0.717, 1.165) is 73.6 Å². The molecule has 5 heteroatoms. The molecule has 158 valence electrons. The molecular weight excluding hydrogens is 386 g/mol. The van der Waals surface area contributed by atoms with Crippen molar-refractivity contribution in [1.29, 1.82) is 0 Å². The first-order valence-electron chi connectivity index (χ1n) is 11.6. The normalized spacial score (nSPS) is 20.1. The number of aryl methyl sites for hydroxylation is 3. The molecule has 1 atom stereocenters. The molecule has 6 rings (SSSR count). The van der Waals surface area contributed by atoms with Crippen LogP contribution in [0.4, 0.5) is 0 Å². The number of rotatable bonds is 3. The van der Waals surface area contributed by atoms with Gasteiger partial charge in [0.15, 0.2) is 11.5 Å². The number of hydrogen-bond donors (Lipinski definition) is 1. The molecule has 2 aliphatic carbocycles. The molecule has 1 saturated heterocycles. The zero-order valence-corrected chi connectivity index (χ0v) is 17.7. The monoisotopic (exact) mass is 413 g/mol. The van der Waals surface area contributed by atoms with Gasteiger partial charge in [0, 0.05) is 35.8 Å². The molecule has 2 heterocycles. The van der Waals surface area contributed by atoms with Gasteiger partial charge in [-0.2, -0.15) is 5.10 Å². The minimum atomic E-state index is -0.147. The van der Waals surface area contributed by atoms with Crippen LogP contribution in [0.2, 0.25) is 0 Å². The molecule has 1 amide bonds. The van der Waals surface area contributed by atoms with Crippen molar-refractivity contribution in [2.45, 2.75) is 51.4 Å². The van der Waals surface area contributed by atoms with Crippen molar-refractivity contribution in [1.82, 2.24) is 15.1 Å². The number of Topliss-reactive ketones (excluding diaryl/α,β-unsaturated/α-hetero) is 1. The molecule has 0 spiro atoms. The number of nitrogens with one attached hydrogen (secondary N) is 1. The number of aromatic nitrogens is 2. The Bertz CT molecular complexity index is 1200. The molecule has 1 unspecified atom stereocenters. The number of amides is 1. The summed E-state index contributed by atoms with van der Waals surface area (Å²) >= 11 is 0. The van der Waals surface area contributed by atoms with E-state index in [1.807, 2.05) is 11.0 Å². The molecule has 3 aliphatic rings. The fourth-order valence-corrected chi connectivity index (χ4v) is 5.86. The molecule has 3 aromatic rings. The minimum absolute atomic E-state index is 0.0164. The number of likely N-dealkylation sites (tertiary alicyclic amines) is 1. The van der Waals surface area contributed by atoms with Crippen LogP contribution in [0.25, 0.3) is 10.8 Å². The van der Waals surface area contributed by atoms with Crippen LogP contribution in [0.1, 0.15) is 68.9 Å². The van der Waals surface area contributed by atoms with E-state index in [-0.39, 0.29) is 17.6 Å². The predicted molar refractivity (Wildman–Crippen MR) is 120 cm³/mol. The highest BCUT2D eigenvalue weighted by Gasteiger charge is 2.33. The van der Waals surface area contributed by atoms with Crippen LogP contribution in [0, 0.1) is 5.92 Å². The number of hydrogen-bond acceptors (Lipinski definition) is 3. The molecule has 1 N–H and O–H groups in total. The summed E-state index contributed by atoms with van der Waals surface area (Å²) < 4.78 is 0. The van der Waals surface area contributed by atoms with Crippen molar-refractivity contribution in [2.75, 3.05) is 13.1 Å². The second-order valence-corrected chi connectivity index (χ2v) is 9.30. The lowest BCUT2D eigenvalue weighted by Crippen LogP contribution is -2.42. The van der Waals surface area contributed by atoms with Crippen molar-refractivity contribution in [3.05, 3.63) is 64.0 Å². The molecule has 5 nitrogen and oxygen atoms in total. The maximum absolute atomic E-state index is 13.6. The van der Waals surface area contributed by atoms with E-state index in [9.17, 15) is 9.59 Å². The summed E-state index contributed by atoms with van der Waals surface area (Å²) in [5.74, 6) is 0.0143. The molecule has 1 aromatic heterocycles. The smallest absolute Gasteiger partial charge is 0.274 e. The van der Waals surface area contributed by atoms with E-state index in [4.69, 9.17) is 0 Å². The van der Waals surface area contributed by atoms with E-state index < -0.39 is 0 Å². The summed E-state index contributed by atoms with van der Waals surface area (Å²) in [7, 11) is 0. The Kier molecular flexibility index (Phi) is 4.44. The first-order chi connectivity index (χ1) is 15.2. The van der Waals surface area contributed by atoms with Crippen LogP contribution in [0.15, 0.2) is 30.3 Å². The minimum Gasteiger partial charge on any atom is -0.337 e. The zero-order valence-electron chi connectivity index (χ0n) is 17.7. The van der Waals surface area contributed by atoms with Crippen molar-refractivity contribution >= 4 is 22.5 Å². The molecule has 2 aromatic carbocycles. The molecular formula is C26H27N3O2. The number of nitrogens with zero attached hydrogens (tertiary/aromatic N) is 2. The number of piperidine rings is 1. The second-order valence-electron chi connectivity index (χ2n) is 9.30. The fraction of sp³-hybridized carbons (Fsp3) is 0.423. The van der Waals surface area contributed by atoms with E-state index in [1.54, 1.807) is 0 Å². The molecule has 0 radical (unpaired) electrons. The second kappa shape index (κ2) is 7.33. The highest BCUT2D eigenvalue weighted by atomic mass is 16.2. The van der Waals surface area contributed by atoms with Crippen LogP contribution in [-0.2, 0) is 25.7 Å². The zero-order chi connectivity index (χ0) is 20.9. The van der Waals surface area contributed by atoms with Gasteiger partial charge in [-0.15, -0.1) is 0 Å². The average molecular weight is 414 g/mol. The number of ketones is 1. The SMILES string of the molecule is O=C(c1ccc2c3c(cccc13)CC2)C1CCCN(C(=O)c2n[nH]c3c2CCCC3)C1. The number of fused-ring (bicyclic) bond motifs is 1. The summed E-state index contributed by atoms with van der Waals surface area (Å²) in [5.41, 5.74) is 6.31. The predicted octanol–water partition coefficient (Wildman–Crippen LogP) is 4.28. The van der Waals surface area contributed by atoms with Crippen molar-refractivity contribution in [3.63, 3.8) is 0 Å². The largest absolute Gasteiger partial charge is 0.337 e. The molecule has 0 bridgehead atoms. The average Bonchev–Trinajstić information content (AvgIpc) is 3.44. The van der Waals surface area contributed by atoms with Crippen molar-refractivity contribution < 1.29 is 9.59 Å². The number of benzene rings is 2. The lowest BCUT2D eigenvalue weighted by molar-refractivity contribution is 0.0631. The quantitative estimate of drug-likeness (QED) is 0.652. The number of H-pyrrole nitrogens is 1. The lowest BCUT2D eigenvalue weighted by atomic mass is 9.87. The van der Waals surface area contributed by atoms with Gasteiger partial charge in [-0.05, 0) is 73.3 Å². The van der Waals surface area contributed by atoms with E-state index >= 15 is 0 Å². The Hall–Kier alpha value is -2.95. The summed E-state index contributed by atoms with van der Waals surface area (Å²) in [6.07, 6.45) is 7.97. The highest BCUT2D eigenvalue weighted by molar-refractivity contribution is 6.11. The van der Waals surface area contributed by atoms with Gasteiger partial charge in [0.05, 0.1) is 0 Å². The summed E-state index contributed by atoms with van der Waals surface area (Å²) in [5, 5.41) is 9.81. The third kappa shape index (κ3) is 3.01. The molecule has 0 saturated carbocycles. The molecule has 1 aliphatic heterocycles. The Morgan fingerprint density at radius 1 is 0.968 bits per heavy atom. The molecule has 1 fully saturated rings. The highest BCUT2D eigenvalue weighted by Crippen LogP contribution is 2.35. The lowest BCUT2D eigenvalue weighted by Gasteiger charge is -2.32. The summed E-state index contributed by atoms with van der Waals surface area (Å²) in [4.78, 5) is 28.7. The van der Waals surface area contributed by atoms with Crippen molar-refractivity contribution in [3.8, 4) is 0 Å². The van der Waals surface area contributed by atoms with Crippen LogP contribution in [0.5, 0.6) is 0 Å². The Balaban J connectivity index is 1.27. The number of carbonyl (C=O) groups is 2.